The fourth-order valence-electron chi connectivity index (χ4n) is 2.17. The van der Waals surface area contributed by atoms with Gasteiger partial charge >= 0.3 is 0 Å². The maximum Gasteiger partial charge on any atom is 0.254 e. The van der Waals surface area contributed by atoms with Crippen molar-refractivity contribution < 1.29 is 9.90 Å². The molecule has 0 bridgehead atoms. The largest absolute Gasteiger partial charge is 0.390 e. The Balaban J connectivity index is 2.10. The van der Waals surface area contributed by atoms with Crippen LogP contribution >= 0.6 is 0 Å². The van der Waals surface area contributed by atoms with Crippen molar-refractivity contribution in [1.82, 2.24) is 9.88 Å². The van der Waals surface area contributed by atoms with Gasteiger partial charge in [0, 0.05) is 38.9 Å². The molecule has 5 heteroatoms. The second-order valence-electron chi connectivity index (χ2n) is 5.59. The van der Waals surface area contributed by atoms with Gasteiger partial charge in [-0.2, -0.15) is 0 Å². The van der Waals surface area contributed by atoms with E-state index in [1.54, 1.807) is 23.2 Å². The average molecular weight is 263 g/mol. The third-order valence-electron chi connectivity index (χ3n) is 3.58. The van der Waals surface area contributed by atoms with Crippen molar-refractivity contribution in [2.75, 3.05) is 32.1 Å². The van der Waals surface area contributed by atoms with E-state index < -0.39 is 5.60 Å². The van der Waals surface area contributed by atoms with Gasteiger partial charge < -0.3 is 14.9 Å². The molecule has 1 saturated heterocycles. The molecule has 0 aromatic carbocycles. The first kappa shape index (κ1) is 13.8. The standard InChI is InChI=1S/C14H21N3O2/c1-14(19)5-8-17(9-6-14)13(18)11-4-7-15-12(10-11)16(2)3/h4,7,10,19H,5-6,8-9H2,1-3H3. The number of amides is 1. The molecule has 1 aliphatic rings. The summed E-state index contributed by atoms with van der Waals surface area (Å²) in [5.41, 5.74) is 0.0179. The number of carbonyl (C=O) groups is 1. The molecular weight excluding hydrogens is 242 g/mol. The van der Waals surface area contributed by atoms with Crippen LogP contribution in [-0.4, -0.2) is 53.7 Å². The molecule has 1 amide bonds. The van der Waals surface area contributed by atoms with Crippen LogP contribution < -0.4 is 4.90 Å². The highest BCUT2D eigenvalue weighted by Gasteiger charge is 2.30. The molecule has 1 N–H and O–H groups in total. The topological polar surface area (TPSA) is 56.7 Å². The third kappa shape index (κ3) is 3.23. The maximum absolute atomic E-state index is 12.4. The summed E-state index contributed by atoms with van der Waals surface area (Å²) in [6, 6.07) is 3.54. The Hall–Kier alpha value is -1.62. The lowest BCUT2D eigenvalue weighted by molar-refractivity contribution is -0.00202. The number of rotatable bonds is 2. The molecule has 104 valence electrons. The van der Waals surface area contributed by atoms with Crippen molar-refractivity contribution in [1.29, 1.82) is 0 Å². The molecule has 0 saturated carbocycles. The first-order valence-corrected chi connectivity index (χ1v) is 6.54. The Labute approximate surface area is 113 Å². The van der Waals surface area contributed by atoms with E-state index in [9.17, 15) is 9.90 Å². The van der Waals surface area contributed by atoms with Crippen molar-refractivity contribution in [2.45, 2.75) is 25.4 Å². The molecule has 5 nitrogen and oxygen atoms in total. The van der Waals surface area contributed by atoms with Gasteiger partial charge in [0.1, 0.15) is 5.82 Å². The number of hydrogen-bond acceptors (Lipinski definition) is 4. The molecule has 2 heterocycles. The molecule has 0 aliphatic carbocycles. The number of carbonyl (C=O) groups excluding carboxylic acids is 1. The Morgan fingerprint density at radius 2 is 2.05 bits per heavy atom. The SMILES string of the molecule is CN(C)c1cc(C(=O)N2CCC(C)(O)CC2)ccn1. The molecule has 1 aliphatic heterocycles. The van der Waals surface area contributed by atoms with Crippen LogP contribution in [0.15, 0.2) is 18.3 Å². The van der Waals surface area contributed by atoms with E-state index in [0.717, 1.165) is 5.82 Å². The Morgan fingerprint density at radius 1 is 1.42 bits per heavy atom. The number of likely N-dealkylation sites (tertiary alicyclic amines) is 1. The van der Waals surface area contributed by atoms with Gasteiger partial charge in [0.25, 0.3) is 5.91 Å². The molecular formula is C14H21N3O2. The van der Waals surface area contributed by atoms with Crippen LogP contribution in [-0.2, 0) is 0 Å². The van der Waals surface area contributed by atoms with Gasteiger partial charge in [-0.1, -0.05) is 0 Å². The van der Waals surface area contributed by atoms with Crippen LogP contribution in [0, 0.1) is 0 Å². The molecule has 1 aromatic heterocycles. The molecule has 0 spiro atoms. The van der Waals surface area contributed by atoms with Crippen LogP contribution in [0.1, 0.15) is 30.1 Å². The van der Waals surface area contributed by atoms with Gasteiger partial charge in [-0.3, -0.25) is 4.79 Å². The number of anilines is 1. The highest BCUT2D eigenvalue weighted by molar-refractivity contribution is 5.94. The smallest absolute Gasteiger partial charge is 0.254 e. The monoisotopic (exact) mass is 263 g/mol. The molecule has 0 atom stereocenters. The van der Waals surface area contributed by atoms with Gasteiger partial charge in [0.15, 0.2) is 0 Å². The van der Waals surface area contributed by atoms with E-state index in [4.69, 9.17) is 0 Å². The molecule has 2 rings (SSSR count). The van der Waals surface area contributed by atoms with Crippen molar-refractivity contribution in [3.63, 3.8) is 0 Å². The van der Waals surface area contributed by atoms with Gasteiger partial charge in [-0.15, -0.1) is 0 Å². The lowest BCUT2D eigenvalue weighted by Crippen LogP contribution is -2.45. The van der Waals surface area contributed by atoms with Crippen molar-refractivity contribution >= 4 is 11.7 Å². The van der Waals surface area contributed by atoms with E-state index in [1.165, 1.54) is 0 Å². The fourth-order valence-corrected chi connectivity index (χ4v) is 2.17. The minimum atomic E-state index is -0.635. The number of aliphatic hydroxyl groups is 1. The number of piperidine rings is 1. The van der Waals surface area contributed by atoms with Crippen molar-refractivity contribution in [3.8, 4) is 0 Å². The highest BCUT2D eigenvalue weighted by atomic mass is 16.3. The fraction of sp³-hybridized carbons (Fsp3) is 0.571. The summed E-state index contributed by atoms with van der Waals surface area (Å²) < 4.78 is 0. The van der Waals surface area contributed by atoms with E-state index >= 15 is 0 Å². The summed E-state index contributed by atoms with van der Waals surface area (Å²) in [5, 5.41) is 9.91. The predicted octanol–water partition coefficient (Wildman–Crippen LogP) is 1.13. The number of nitrogens with zero attached hydrogens (tertiary/aromatic N) is 3. The van der Waals surface area contributed by atoms with Gasteiger partial charge in [-0.05, 0) is 31.9 Å². The van der Waals surface area contributed by atoms with E-state index in [1.807, 2.05) is 25.9 Å². The Bertz CT molecular complexity index is 462. The highest BCUT2D eigenvalue weighted by Crippen LogP contribution is 2.22. The summed E-state index contributed by atoms with van der Waals surface area (Å²) in [5.74, 6) is 0.788. The average Bonchev–Trinajstić information content (AvgIpc) is 2.38. The van der Waals surface area contributed by atoms with E-state index in [2.05, 4.69) is 4.98 Å². The van der Waals surface area contributed by atoms with E-state index in [0.29, 0.717) is 31.5 Å². The zero-order valence-corrected chi connectivity index (χ0v) is 11.8. The summed E-state index contributed by atoms with van der Waals surface area (Å²) >= 11 is 0. The summed E-state index contributed by atoms with van der Waals surface area (Å²) in [6.45, 7) is 3.03. The summed E-state index contributed by atoms with van der Waals surface area (Å²) in [4.78, 5) is 20.3. The van der Waals surface area contributed by atoms with Crippen LogP contribution in [0.5, 0.6) is 0 Å². The Kier molecular flexibility index (Phi) is 3.75. The normalized spacial score (nSPS) is 18.2. The number of pyridine rings is 1. The molecule has 19 heavy (non-hydrogen) atoms. The molecule has 0 radical (unpaired) electrons. The minimum Gasteiger partial charge on any atom is -0.390 e. The number of hydrogen-bond donors (Lipinski definition) is 1. The van der Waals surface area contributed by atoms with E-state index in [-0.39, 0.29) is 5.91 Å². The van der Waals surface area contributed by atoms with Crippen LogP contribution in [0.3, 0.4) is 0 Å². The van der Waals surface area contributed by atoms with Crippen LogP contribution in [0.4, 0.5) is 5.82 Å². The summed E-state index contributed by atoms with van der Waals surface area (Å²) in [7, 11) is 3.80. The first-order chi connectivity index (χ1) is 8.89. The van der Waals surface area contributed by atoms with Crippen LogP contribution in [0.25, 0.3) is 0 Å². The van der Waals surface area contributed by atoms with Crippen molar-refractivity contribution in [2.24, 2.45) is 0 Å². The lowest BCUT2D eigenvalue weighted by Gasteiger charge is -2.35. The quantitative estimate of drug-likeness (QED) is 0.869. The maximum atomic E-state index is 12.4. The Morgan fingerprint density at radius 3 is 2.63 bits per heavy atom. The minimum absolute atomic E-state index is 0.0148. The zero-order valence-electron chi connectivity index (χ0n) is 11.8. The third-order valence-corrected chi connectivity index (χ3v) is 3.58. The zero-order chi connectivity index (χ0) is 14.0. The number of aromatic nitrogens is 1. The summed E-state index contributed by atoms with van der Waals surface area (Å²) in [6.07, 6.45) is 2.91. The van der Waals surface area contributed by atoms with Crippen molar-refractivity contribution in [3.05, 3.63) is 23.9 Å². The molecule has 1 aromatic rings. The van der Waals surface area contributed by atoms with Gasteiger partial charge in [0.2, 0.25) is 0 Å². The van der Waals surface area contributed by atoms with Gasteiger partial charge in [-0.25, -0.2) is 4.98 Å². The first-order valence-electron chi connectivity index (χ1n) is 6.54. The second-order valence-corrected chi connectivity index (χ2v) is 5.59. The lowest BCUT2D eigenvalue weighted by atomic mass is 9.93. The molecule has 0 unspecified atom stereocenters. The van der Waals surface area contributed by atoms with Gasteiger partial charge in [0.05, 0.1) is 5.60 Å². The van der Waals surface area contributed by atoms with Crippen LogP contribution in [0.2, 0.25) is 0 Å². The second kappa shape index (κ2) is 5.17. The molecule has 1 fully saturated rings. The predicted molar refractivity (Wildman–Crippen MR) is 74.3 cm³/mol.